The van der Waals surface area contributed by atoms with Gasteiger partial charge in [0, 0.05) is 12.8 Å². The van der Waals surface area contributed by atoms with Gasteiger partial charge in [0.2, 0.25) is 0 Å². The van der Waals surface area contributed by atoms with Gasteiger partial charge in [-0.15, -0.1) is 0 Å². The summed E-state index contributed by atoms with van der Waals surface area (Å²) < 4.78 is 34.5. The van der Waals surface area contributed by atoms with Crippen LogP contribution >= 0.6 is 7.82 Å². The zero-order chi connectivity index (χ0) is 72.5. The van der Waals surface area contributed by atoms with Crippen LogP contribution in [0.3, 0.4) is 0 Å². The third-order valence-corrected chi connectivity index (χ3v) is 20.1. The number of unbranched alkanes of at least 4 members (excludes halogenated alkanes) is 50. The summed E-state index contributed by atoms with van der Waals surface area (Å²) in [7, 11) is 1.19. The SMILES string of the molecule is CC/C=C\C/C=C\C/C=C\C/C=C\CCCCCCCCCCCCCCCCCCCCCCCCCCCCC(=O)OC(COC(=O)CCCCCCCCCCCCCCCCCCCCCCCCCC/C=C\C/C=C\C/C=C\C/C=C\CC)COP(=O)([O-])OCC[N+](C)(C)C. The van der Waals surface area contributed by atoms with E-state index in [9.17, 15) is 19.0 Å². The van der Waals surface area contributed by atoms with E-state index in [1.54, 1.807) is 0 Å². The fraction of sp³-hybridized carbons (Fsp3) is 0.800. The molecule has 9 nitrogen and oxygen atoms in total. The van der Waals surface area contributed by atoms with Crippen molar-refractivity contribution in [3.63, 3.8) is 0 Å². The van der Waals surface area contributed by atoms with Crippen molar-refractivity contribution in [3.8, 4) is 0 Å². The van der Waals surface area contributed by atoms with Crippen LogP contribution < -0.4 is 4.89 Å². The number of ether oxygens (including phenoxy) is 2. The molecule has 0 aliphatic carbocycles. The topological polar surface area (TPSA) is 111 Å². The van der Waals surface area contributed by atoms with E-state index in [0.717, 1.165) is 83.5 Å². The second kappa shape index (κ2) is 80.0. The average molecular weight is 1420 g/mol. The second-order valence-electron chi connectivity index (χ2n) is 30.1. The smallest absolute Gasteiger partial charge is 0.306 e. The number of hydrogen-bond acceptors (Lipinski definition) is 8. The van der Waals surface area contributed by atoms with Crippen LogP contribution in [0.1, 0.15) is 412 Å². The molecule has 582 valence electrons. The van der Waals surface area contributed by atoms with E-state index in [4.69, 9.17) is 18.5 Å². The number of likely N-dealkylation sites (N-methyl/N-ethyl adjacent to an activating group) is 1. The highest BCUT2D eigenvalue weighted by atomic mass is 31.2. The standard InChI is InChI=1S/C90H164NO8P/c1-6-8-10-12-14-16-18-20-22-24-26-28-30-32-34-36-38-40-42-44-45-47-49-51-53-55-57-59-61-63-65-67-69-71-73-75-77-79-81-83-90(93)99-88(87-98-100(94,95)97-85-84-91(3,4)5)86-96-89(92)82-80-78-76-74-72-70-68-66-64-62-60-58-56-54-52-50-48-46-43-41-39-37-35-33-31-29-27-25-23-21-19-17-15-13-11-9-7-2/h8-11,14-17,20-23,26-29,88H,6-7,12-13,18-19,24-25,30-87H2,1-5H3/b10-8-,11-9-,16-14-,17-15-,22-20-,23-21-,28-26-,29-27-. The van der Waals surface area contributed by atoms with Crippen LogP contribution in [-0.4, -0.2) is 70.0 Å². The molecular weight excluding hydrogens is 1250 g/mol. The Morgan fingerprint density at radius 2 is 0.540 bits per heavy atom. The third kappa shape index (κ3) is 83.9. The number of phosphoric acid groups is 1. The van der Waals surface area contributed by atoms with Gasteiger partial charge in [-0.05, 0) is 89.9 Å². The molecule has 100 heavy (non-hydrogen) atoms. The van der Waals surface area contributed by atoms with Gasteiger partial charge in [-0.2, -0.15) is 0 Å². The molecule has 2 atom stereocenters. The summed E-state index contributed by atoms with van der Waals surface area (Å²) in [4.78, 5) is 38.2. The molecule has 0 spiro atoms. The summed E-state index contributed by atoms with van der Waals surface area (Å²) >= 11 is 0. The van der Waals surface area contributed by atoms with Crippen LogP contribution in [0.15, 0.2) is 97.2 Å². The van der Waals surface area contributed by atoms with Gasteiger partial charge < -0.3 is 27.9 Å². The summed E-state index contributed by atoms with van der Waals surface area (Å²) in [6.07, 6.45) is 113. The predicted molar refractivity (Wildman–Crippen MR) is 434 cm³/mol. The number of hydrogen-bond donors (Lipinski definition) is 0. The largest absolute Gasteiger partial charge is 0.756 e. The molecule has 0 radical (unpaired) electrons. The zero-order valence-corrected chi connectivity index (χ0v) is 67.5. The predicted octanol–water partition coefficient (Wildman–Crippen LogP) is 28.3. The Kier molecular flexibility index (Phi) is 77.6. The number of phosphoric ester groups is 1. The van der Waals surface area contributed by atoms with Crippen LogP contribution in [0.2, 0.25) is 0 Å². The second-order valence-corrected chi connectivity index (χ2v) is 31.6. The van der Waals surface area contributed by atoms with Crippen LogP contribution in [0.5, 0.6) is 0 Å². The quantitative estimate of drug-likeness (QED) is 0.0195. The van der Waals surface area contributed by atoms with Crippen molar-refractivity contribution >= 4 is 19.8 Å². The molecule has 2 unspecified atom stereocenters. The minimum absolute atomic E-state index is 0.0293. The van der Waals surface area contributed by atoms with Gasteiger partial charge in [-0.3, -0.25) is 14.2 Å². The Labute approximate surface area is 621 Å². The van der Waals surface area contributed by atoms with E-state index in [-0.39, 0.29) is 32.0 Å². The molecule has 0 aromatic rings. The first-order valence-electron chi connectivity index (χ1n) is 42.9. The Bertz CT molecular complexity index is 2010. The van der Waals surface area contributed by atoms with Gasteiger partial charge in [-0.25, -0.2) is 0 Å². The highest BCUT2D eigenvalue weighted by Gasteiger charge is 2.22. The monoisotopic (exact) mass is 1420 g/mol. The maximum absolute atomic E-state index is 12.9. The van der Waals surface area contributed by atoms with E-state index in [1.165, 1.54) is 295 Å². The fourth-order valence-electron chi connectivity index (χ4n) is 12.6. The van der Waals surface area contributed by atoms with Gasteiger partial charge in [0.1, 0.15) is 19.8 Å². The molecule has 0 saturated heterocycles. The highest BCUT2D eigenvalue weighted by molar-refractivity contribution is 7.45. The molecule has 10 heteroatoms. The van der Waals surface area contributed by atoms with E-state index in [0.29, 0.717) is 17.4 Å². The van der Waals surface area contributed by atoms with Crippen LogP contribution in [0, 0.1) is 0 Å². The summed E-state index contributed by atoms with van der Waals surface area (Å²) in [5.74, 6) is -0.810. The number of nitrogens with zero attached hydrogens (tertiary/aromatic N) is 1. The highest BCUT2D eigenvalue weighted by Crippen LogP contribution is 2.38. The van der Waals surface area contributed by atoms with E-state index >= 15 is 0 Å². The first kappa shape index (κ1) is 96.9. The Morgan fingerprint density at radius 1 is 0.310 bits per heavy atom. The summed E-state index contributed by atoms with van der Waals surface area (Å²) in [6.45, 7) is 4.08. The Morgan fingerprint density at radius 3 is 0.800 bits per heavy atom. The van der Waals surface area contributed by atoms with Gasteiger partial charge in [-0.1, -0.05) is 406 Å². The van der Waals surface area contributed by atoms with Gasteiger partial charge in [0.25, 0.3) is 7.82 Å². The van der Waals surface area contributed by atoms with Crippen molar-refractivity contribution in [3.05, 3.63) is 97.2 Å². The maximum Gasteiger partial charge on any atom is 0.306 e. The Balaban J connectivity index is 3.87. The number of quaternary nitrogens is 1. The molecule has 0 rings (SSSR count). The summed E-state index contributed by atoms with van der Waals surface area (Å²) in [5, 5.41) is 0. The first-order valence-corrected chi connectivity index (χ1v) is 44.4. The fourth-order valence-corrected chi connectivity index (χ4v) is 13.4. The molecule has 0 saturated carbocycles. The van der Waals surface area contributed by atoms with Crippen molar-refractivity contribution in [2.24, 2.45) is 0 Å². The van der Waals surface area contributed by atoms with E-state index in [1.807, 2.05) is 21.1 Å². The third-order valence-electron chi connectivity index (χ3n) is 19.1. The Hall–Kier alpha value is -3.07. The van der Waals surface area contributed by atoms with Gasteiger partial charge in [0.15, 0.2) is 6.10 Å². The van der Waals surface area contributed by atoms with Crippen molar-refractivity contribution in [2.45, 2.75) is 418 Å². The van der Waals surface area contributed by atoms with E-state index in [2.05, 4.69) is 111 Å². The molecule has 0 aliphatic heterocycles. The van der Waals surface area contributed by atoms with Crippen LogP contribution in [0.4, 0.5) is 0 Å². The molecule has 0 N–H and O–H groups in total. The minimum Gasteiger partial charge on any atom is -0.756 e. The molecule has 0 fully saturated rings. The van der Waals surface area contributed by atoms with Crippen molar-refractivity contribution in [1.29, 1.82) is 0 Å². The number of carbonyl (C=O) groups is 2. The lowest BCUT2D eigenvalue weighted by Crippen LogP contribution is -2.37. The van der Waals surface area contributed by atoms with Crippen LogP contribution in [-0.2, 0) is 32.7 Å². The number of esters is 2. The molecule has 0 amide bonds. The number of rotatable bonds is 80. The van der Waals surface area contributed by atoms with Gasteiger partial charge >= 0.3 is 11.9 Å². The van der Waals surface area contributed by atoms with Gasteiger partial charge in [0.05, 0.1) is 27.7 Å². The lowest BCUT2D eigenvalue weighted by atomic mass is 10.0. The number of carbonyl (C=O) groups excluding carboxylic acids is 2. The molecule has 0 aliphatic rings. The molecule has 0 aromatic heterocycles. The minimum atomic E-state index is -4.65. The lowest BCUT2D eigenvalue weighted by Gasteiger charge is -2.28. The zero-order valence-electron chi connectivity index (χ0n) is 66.6. The summed E-state index contributed by atoms with van der Waals surface area (Å²) in [5.41, 5.74) is 0. The summed E-state index contributed by atoms with van der Waals surface area (Å²) in [6, 6.07) is 0. The van der Waals surface area contributed by atoms with Crippen molar-refractivity contribution < 1.29 is 42.1 Å². The molecule has 0 aromatic carbocycles. The van der Waals surface area contributed by atoms with Crippen molar-refractivity contribution in [2.75, 3.05) is 47.5 Å². The normalized spacial score (nSPS) is 13.5. The lowest BCUT2D eigenvalue weighted by molar-refractivity contribution is -0.870. The first-order chi connectivity index (χ1) is 49.0. The van der Waals surface area contributed by atoms with E-state index < -0.39 is 26.5 Å². The number of allylic oxidation sites excluding steroid dienone is 16. The molecule has 0 bridgehead atoms. The van der Waals surface area contributed by atoms with Crippen molar-refractivity contribution in [1.82, 2.24) is 0 Å². The average Bonchev–Trinajstić information content (AvgIpc) is 1.07. The maximum atomic E-state index is 12.9. The van der Waals surface area contributed by atoms with Crippen LogP contribution in [0.25, 0.3) is 0 Å². The molecular formula is C90H164NO8P. The molecule has 0 heterocycles.